The standard InChI is InChI=1S/C35H40F3N3O5/c1-44-28-20-24(21-29(45-2)30(28)46-3)31(42)41-19-15-33(23-41,26-10-7-11-27(22-26)35(36,37)38)12-18-40-32(43)34(13-16-39-17-14-34)25-8-5-4-6-9-25/h4-11,20-22,39H,12-19,23H2,1-3H3,(H,40,43). The minimum absolute atomic E-state index is 0.0947. The van der Waals surface area contributed by atoms with E-state index in [1.54, 1.807) is 23.1 Å². The number of carbonyl (C=O) groups is 2. The van der Waals surface area contributed by atoms with Gasteiger partial charge in [0.15, 0.2) is 11.5 Å². The highest BCUT2D eigenvalue weighted by Gasteiger charge is 2.44. The first-order chi connectivity index (χ1) is 22.1. The summed E-state index contributed by atoms with van der Waals surface area (Å²) in [5.74, 6) is 0.583. The minimum Gasteiger partial charge on any atom is -0.493 e. The molecule has 0 bridgehead atoms. The third-order valence-electron chi connectivity index (χ3n) is 9.46. The maximum absolute atomic E-state index is 13.9. The summed E-state index contributed by atoms with van der Waals surface area (Å²) < 4.78 is 57.7. The average Bonchev–Trinajstić information content (AvgIpc) is 3.53. The normalized spacial score (nSPS) is 19.4. The number of amides is 2. The third-order valence-corrected chi connectivity index (χ3v) is 9.46. The first-order valence-electron chi connectivity index (χ1n) is 15.4. The monoisotopic (exact) mass is 639 g/mol. The molecule has 0 spiro atoms. The molecule has 11 heteroatoms. The molecular formula is C35H40F3N3O5. The van der Waals surface area contributed by atoms with Crippen LogP contribution in [-0.2, 0) is 21.8 Å². The Bertz CT molecular complexity index is 1520. The van der Waals surface area contributed by atoms with Gasteiger partial charge in [0.1, 0.15) is 0 Å². The zero-order chi connectivity index (χ0) is 33.0. The van der Waals surface area contributed by atoms with Gasteiger partial charge in [0.05, 0.1) is 32.3 Å². The second-order valence-electron chi connectivity index (χ2n) is 12.0. The lowest BCUT2D eigenvalue weighted by Gasteiger charge is -2.37. The Kier molecular flexibility index (Phi) is 9.81. The lowest BCUT2D eigenvalue weighted by Crippen LogP contribution is -2.51. The van der Waals surface area contributed by atoms with E-state index in [9.17, 15) is 22.8 Å². The van der Waals surface area contributed by atoms with Gasteiger partial charge in [-0.1, -0.05) is 48.5 Å². The summed E-state index contributed by atoms with van der Waals surface area (Å²) in [5, 5.41) is 6.46. The van der Waals surface area contributed by atoms with Crippen LogP contribution >= 0.6 is 0 Å². The number of halogens is 3. The van der Waals surface area contributed by atoms with Crippen LogP contribution in [0.25, 0.3) is 0 Å². The zero-order valence-electron chi connectivity index (χ0n) is 26.3. The molecule has 2 amide bonds. The smallest absolute Gasteiger partial charge is 0.416 e. The maximum atomic E-state index is 13.9. The number of likely N-dealkylation sites (tertiary alicyclic amines) is 1. The topological polar surface area (TPSA) is 89.1 Å². The molecule has 2 heterocycles. The Balaban J connectivity index is 1.42. The molecule has 46 heavy (non-hydrogen) atoms. The number of methoxy groups -OCH3 is 3. The van der Waals surface area contributed by atoms with Crippen LogP contribution in [0.5, 0.6) is 17.2 Å². The van der Waals surface area contributed by atoms with Gasteiger partial charge in [-0.2, -0.15) is 13.2 Å². The lowest BCUT2D eigenvalue weighted by atomic mass is 9.72. The number of piperidine rings is 1. The Hall–Kier alpha value is -4.25. The third kappa shape index (κ3) is 6.51. The van der Waals surface area contributed by atoms with E-state index in [4.69, 9.17) is 14.2 Å². The fraction of sp³-hybridized carbons (Fsp3) is 0.429. The van der Waals surface area contributed by atoms with E-state index >= 15 is 0 Å². The average molecular weight is 640 g/mol. The van der Waals surface area contributed by atoms with Gasteiger partial charge < -0.3 is 29.7 Å². The summed E-state index contributed by atoms with van der Waals surface area (Å²) in [5.41, 5.74) is -0.529. The summed E-state index contributed by atoms with van der Waals surface area (Å²) in [7, 11) is 4.39. The molecule has 2 N–H and O–H groups in total. The van der Waals surface area contributed by atoms with Gasteiger partial charge in [0.2, 0.25) is 11.7 Å². The van der Waals surface area contributed by atoms with E-state index in [-0.39, 0.29) is 24.9 Å². The van der Waals surface area contributed by atoms with Crippen LogP contribution in [0.2, 0.25) is 0 Å². The van der Waals surface area contributed by atoms with Crippen molar-refractivity contribution in [3.05, 3.63) is 89.0 Å². The SMILES string of the molecule is COc1cc(C(=O)N2CCC(CCNC(=O)C3(c4ccccc4)CCNCC3)(c3cccc(C(F)(F)F)c3)C2)cc(OC)c1OC. The van der Waals surface area contributed by atoms with Crippen molar-refractivity contribution in [2.75, 3.05) is 54.1 Å². The van der Waals surface area contributed by atoms with E-state index in [1.165, 1.54) is 33.5 Å². The number of ether oxygens (including phenoxy) is 3. The molecule has 0 radical (unpaired) electrons. The van der Waals surface area contributed by atoms with Crippen LogP contribution in [0.1, 0.15) is 52.7 Å². The molecule has 0 saturated carbocycles. The summed E-state index contributed by atoms with van der Waals surface area (Å²) in [6.45, 7) is 2.14. The summed E-state index contributed by atoms with van der Waals surface area (Å²) >= 11 is 0. The molecule has 3 aromatic rings. The van der Waals surface area contributed by atoms with Crippen molar-refractivity contribution < 1.29 is 37.0 Å². The molecule has 0 aromatic heterocycles. The molecule has 2 aliphatic rings. The quantitative estimate of drug-likeness (QED) is 0.312. The van der Waals surface area contributed by atoms with Crippen LogP contribution in [0.3, 0.4) is 0 Å². The molecule has 2 saturated heterocycles. The van der Waals surface area contributed by atoms with Gasteiger partial charge >= 0.3 is 6.18 Å². The van der Waals surface area contributed by atoms with Crippen LogP contribution < -0.4 is 24.8 Å². The van der Waals surface area contributed by atoms with E-state index in [0.717, 1.165) is 11.6 Å². The molecular weight excluding hydrogens is 599 g/mol. The highest BCUT2D eigenvalue weighted by Crippen LogP contribution is 2.43. The van der Waals surface area contributed by atoms with E-state index < -0.39 is 22.6 Å². The Labute approximate surface area is 267 Å². The number of benzene rings is 3. The fourth-order valence-electron chi connectivity index (χ4n) is 6.88. The summed E-state index contributed by atoms with van der Waals surface area (Å²) in [4.78, 5) is 29.3. The Morgan fingerprint density at radius 2 is 1.52 bits per heavy atom. The number of carbonyl (C=O) groups excluding carboxylic acids is 2. The number of hydrogen-bond donors (Lipinski definition) is 2. The number of rotatable bonds is 10. The van der Waals surface area contributed by atoms with Crippen molar-refractivity contribution in [1.29, 1.82) is 0 Å². The molecule has 2 fully saturated rings. The second kappa shape index (κ2) is 13.6. The molecule has 8 nitrogen and oxygen atoms in total. The first-order valence-corrected chi connectivity index (χ1v) is 15.4. The second-order valence-corrected chi connectivity index (χ2v) is 12.0. The lowest BCUT2D eigenvalue weighted by molar-refractivity contribution is -0.137. The van der Waals surface area contributed by atoms with Crippen LogP contribution in [-0.4, -0.2) is 70.8 Å². The predicted octanol–water partition coefficient (Wildman–Crippen LogP) is 5.34. The number of nitrogens with zero attached hydrogens (tertiary/aromatic N) is 1. The molecule has 1 unspecified atom stereocenters. The molecule has 3 aromatic carbocycles. The van der Waals surface area contributed by atoms with Crippen molar-refractivity contribution >= 4 is 11.8 Å². The van der Waals surface area contributed by atoms with Gasteiger partial charge in [-0.3, -0.25) is 9.59 Å². The van der Waals surface area contributed by atoms with Crippen molar-refractivity contribution in [2.24, 2.45) is 0 Å². The van der Waals surface area contributed by atoms with Crippen molar-refractivity contribution in [3.8, 4) is 17.2 Å². The van der Waals surface area contributed by atoms with Crippen LogP contribution in [0.4, 0.5) is 13.2 Å². The molecule has 5 rings (SSSR count). The summed E-state index contributed by atoms with van der Waals surface area (Å²) in [6, 6.07) is 18.1. The van der Waals surface area contributed by atoms with Crippen LogP contribution in [0, 0.1) is 0 Å². The number of alkyl halides is 3. The first kappa shape index (κ1) is 33.1. The van der Waals surface area contributed by atoms with Gasteiger partial charge in [-0.15, -0.1) is 0 Å². The van der Waals surface area contributed by atoms with Crippen molar-refractivity contribution in [3.63, 3.8) is 0 Å². The number of nitrogens with one attached hydrogen (secondary N) is 2. The molecule has 246 valence electrons. The zero-order valence-corrected chi connectivity index (χ0v) is 26.3. The highest BCUT2D eigenvalue weighted by molar-refractivity contribution is 5.96. The minimum atomic E-state index is -4.52. The van der Waals surface area contributed by atoms with Crippen molar-refractivity contribution in [1.82, 2.24) is 15.5 Å². The molecule has 2 aliphatic heterocycles. The van der Waals surface area contributed by atoms with Crippen LogP contribution in [0.15, 0.2) is 66.7 Å². The van der Waals surface area contributed by atoms with E-state index in [1.807, 2.05) is 30.3 Å². The Morgan fingerprint density at radius 1 is 0.870 bits per heavy atom. The van der Waals surface area contributed by atoms with Gasteiger partial charge in [-0.05, 0) is 68.1 Å². The predicted molar refractivity (Wildman–Crippen MR) is 168 cm³/mol. The van der Waals surface area contributed by atoms with E-state index in [2.05, 4.69) is 10.6 Å². The molecule has 1 atom stereocenters. The highest BCUT2D eigenvalue weighted by atomic mass is 19.4. The Morgan fingerprint density at radius 3 is 2.13 bits per heavy atom. The maximum Gasteiger partial charge on any atom is 0.416 e. The van der Waals surface area contributed by atoms with Crippen molar-refractivity contribution in [2.45, 2.75) is 42.7 Å². The summed E-state index contributed by atoms with van der Waals surface area (Å²) in [6.07, 6.45) is -2.47. The van der Waals surface area contributed by atoms with Gasteiger partial charge in [-0.25, -0.2) is 0 Å². The number of hydrogen-bond acceptors (Lipinski definition) is 6. The largest absolute Gasteiger partial charge is 0.493 e. The molecule has 0 aliphatic carbocycles. The van der Waals surface area contributed by atoms with Gasteiger partial charge in [0.25, 0.3) is 5.91 Å². The fourth-order valence-corrected chi connectivity index (χ4v) is 6.88. The van der Waals surface area contributed by atoms with Gasteiger partial charge in [0, 0.05) is 30.6 Å². The van der Waals surface area contributed by atoms with E-state index in [0.29, 0.717) is 73.7 Å².